The van der Waals surface area contributed by atoms with E-state index in [0.29, 0.717) is 0 Å². The molecule has 2 N–H and O–H groups in total. The van der Waals surface area contributed by atoms with E-state index < -0.39 is 55.3 Å². The van der Waals surface area contributed by atoms with Gasteiger partial charge in [0.05, 0.1) is 5.56 Å². The van der Waals surface area contributed by atoms with Gasteiger partial charge < -0.3 is 14.4 Å². The molecule has 12 heteroatoms. The lowest BCUT2D eigenvalue weighted by atomic mass is 9.93. The molecule has 0 heterocycles. The molecule has 11 nitrogen and oxygen atoms in total. The lowest BCUT2D eigenvalue weighted by Crippen LogP contribution is -2.27. The van der Waals surface area contributed by atoms with Crippen molar-refractivity contribution in [2.45, 2.75) is 0 Å². The number of phenols is 2. The predicted octanol–water partition coefficient (Wildman–Crippen LogP) is 3.48. The van der Waals surface area contributed by atoms with E-state index in [1.165, 1.54) is 36.4 Å². The van der Waals surface area contributed by atoms with Gasteiger partial charge in [-0.05, 0) is 17.7 Å². The number of hydrogen-bond acceptors (Lipinski definition) is 9. The molecule has 0 unspecified atom stereocenters. The number of Topliss-reactive ketones (excluding diaryl/α,β-unsaturated/α-hetero) is 2. The van der Waals surface area contributed by atoms with Crippen molar-refractivity contribution in [1.82, 2.24) is 0 Å². The average molecular weight is 491 g/mol. The smallest absolute Gasteiger partial charge is 0.340 e. The van der Waals surface area contributed by atoms with Crippen LogP contribution in [0.4, 0.5) is 0 Å². The Bertz CT molecular complexity index is 1600. The Morgan fingerprint density at radius 2 is 1.49 bits per heavy atom. The summed E-state index contributed by atoms with van der Waals surface area (Å²) < 4.78 is 31.3. The number of azide groups is 1. The van der Waals surface area contributed by atoms with Crippen LogP contribution in [0.25, 0.3) is 15.3 Å². The molecule has 0 radical (unpaired) electrons. The van der Waals surface area contributed by atoms with Crippen LogP contribution in [0, 0.1) is 0 Å². The Morgan fingerprint density at radius 3 is 2.14 bits per heavy atom. The van der Waals surface area contributed by atoms with Crippen molar-refractivity contribution in [2.75, 3.05) is 0 Å². The Labute approximate surface area is 197 Å². The largest absolute Gasteiger partial charge is 0.504 e. The quantitative estimate of drug-likeness (QED) is 0.0998. The van der Waals surface area contributed by atoms with E-state index in [1.54, 1.807) is 18.2 Å². The number of ketones is 3. The van der Waals surface area contributed by atoms with E-state index in [-0.39, 0.29) is 22.3 Å². The van der Waals surface area contributed by atoms with Gasteiger partial charge in [-0.3, -0.25) is 14.4 Å². The molecule has 0 atom stereocenters. The highest BCUT2D eigenvalue weighted by atomic mass is 32.2. The molecular weight excluding hydrogens is 478 g/mol. The highest BCUT2D eigenvalue weighted by Gasteiger charge is 2.39. The number of carbonyl (C=O) groups excluding carboxylic acids is 3. The van der Waals surface area contributed by atoms with Crippen molar-refractivity contribution in [3.05, 3.63) is 105 Å². The topological polar surface area (TPSA) is 184 Å². The number of allylic oxidation sites excluding steroid dienone is 1. The molecule has 0 amide bonds. The van der Waals surface area contributed by atoms with Gasteiger partial charge in [-0.1, -0.05) is 59.7 Å². The summed E-state index contributed by atoms with van der Waals surface area (Å²) in [5, 5.41) is 23.8. The third-order valence-electron chi connectivity index (χ3n) is 5.04. The van der Waals surface area contributed by atoms with Gasteiger partial charge in [0.2, 0.25) is 17.3 Å². The molecule has 1 aliphatic carbocycles. The zero-order valence-corrected chi connectivity index (χ0v) is 18.3. The Hall–Kier alpha value is -4.93. The molecule has 0 bridgehead atoms. The van der Waals surface area contributed by atoms with Crippen molar-refractivity contribution in [2.24, 2.45) is 5.11 Å². The second-order valence-electron chi connectivity index (χ2n) is 7.11. The molecule has 3 aromatic rings. The number of hydrogen-bond donors (Lipinski definition) is 2. The zero-order chi connectivity index (χ0) is 25.3. The summed E-state index contributed by atoms with van der Waals surface area (Å²) in [6, 6.07) is 15.0. The van der Waals surface area contributed by atoms with Crippen molar-refractivity contribution in [3.8, 4) is 17.2 Å². The first-order valence-electron chi connectivity index (χ1n) is 9.74. The number of aromatic hydroxyl groups is 2. The van der Waals surface area contributed by atoms with Gasteiger partial charge in [0, 0.05) is 21.6 Å². The van der Waals surface area contributed by atoms with E-state index in [0.717, 1.165) is 12.1 Å². The van der Waals surface area contributed by atoms with Gasteiger partial charge in [-0.25, -0.2) is 0 Å². The minimum atomic E-state index is -5.02. The highest BCUT2D eigenvalue weighted by Crippen LogP contribution is 2.42. The van der Waals surface area contributed by atoms with Crippen LogP contribution < -0.4 is 4.18 Å². The molecule has 0 fully saturated rings. The standard InChI is InChI=1S/C23H13N3O8S/c24-26-25-17-22(31)19(28)13-8-4-5-9-14(13)23(17)35(32,33)34-16-11-10-15(20(29)21(16)30)18(27)12-6-2-1-3-7-12/h1-11,29-30H. The molecule has 3 aromatic carbocycles. The van der Waals surface area contributed by atoms with Crippen LogP contribution in [-0.4, -0.2) is 36.0 Å². The number of carbonyl (C=O) groups is 3. The number of phenolic OH excluding ortho intramolecular Hbond substituents is 2. The lowest BCUT2D eigenvalue weighted by Gasteiger charge is -2.19. The lowest BCUT2D eigenvalue weighted by molar-refractivity contribution is -0.111. The van der Waals surface area contributed by atoms with Crippen LogP contribution in [0.1, 0.15) is 31.8 Å². The fourth-order valence-corrected chi connectivity index (χ4v) is 4.72. The summed E-state index contributed by atoms with van der Waals surface area (Å²) in [5.74, 6) is -5.86. The minimum Gasteiger partial charge on any atom is -0.504 e. The third-order valence-corrected chi connectivity index (χ3v) is 6.35. The van der Waals surface area contributed by atoms with Crippen LogP contribution in [0.2, 0.25) is 0 Å². The second-order valence-corrected chi connectivity index (χ2v) is 8.60. The number of nitrogens with zero attached hydrogens (tertiary/aromatic N) is 3. The monoisotopic (exact) mass is 491 g/mol. The van der Waals surface area contributed by atoms with E-state index >= 15 is 0 Å². The molecule has 0 saturated heterocycles. The molecule has 4 rings (SSSR count). The van der Waals surface area contributed by atoms with E-state index in [9.17, 15) is 33.0 Å². The summed E-state index contributed by atoms with van der Waals surface area (Å²) in [4.78, 5) is 39.0. The maximum Gasteiger partial charge on any atom is 0.340 e. The number of rotatable bonds is 6. The summed E-state index contributed by atoms with van der Waals surface area (Å²) in [5.41, 5.74) is 7.19. The van der Waals surface area contributed by atoms with Crippen LogP contribution >= 0.6 is 0 Å². The van der Waals surface area contributed by atoms with Crippen molar-refractivity contribution >= 4 is 32.4 Å². The molecule has 174 valence electrons. The first-order chi connectivity index (χ1) is 16.7. The highest BCUT2D eigenvalue weighted by molar-refractivity contribution is 7.96. The van der Waals surface area contributed by atoms with Gasteiger partial charge >= 0.3 is 10.1 Å². The van der Waals surface area contributed by atoms with Gasteiger partial charge in [0.15, 0.2) is 17.3 Å². The summed E-state index contributed by atoms with van der Waals surface area (Å²) in [6.07, 6.45) is 0. The molecule has 0 aromatic heterocycles. The summed E-state index contributed by atoms with van der Waals surface area (Å²) in [6.45, 7) is 0. The van der Waals surface area contributed by atoms with Gasteiger partial charge in [0.1, 0.15) is 10.6 Å². The Morgan fingerprint density at radius 1 is 0.857 bits per heavy atom. The van der Waals surface area contributed by atoms with Crippen molar-refractivity contribution in [3.63, 3.8) is 0 Å². The van der Waals surface area contributed by atoms with Crippen molar-refractivity contribution in [1.29, 1.82) is 0 Å². The maximum absolute atomic E-state index is 13.2. The summed E-state index contributed by atoms with van der Waals surface area (Å²) in [7, 11) is -5.02. The van der Waals surface area contributed by atoms with Crippen LogP contribution in [0.5, 0.6) is 17.2 Å². The first-order valence-corrected chi connectivity index (χ1v) is 11.1. The first kappa shape index (κ1) is 23.2. The third kappa shape index (κ3) is 3.99. The Balaban J connectivity index is 1.81. The zero-order valence-electron chi connectivity index (χ0n) is 17.4. The van der Waals surface area contributed by atoms with Gasteiger partial charge in [-0.2, -0.15) is 8.42 Å². The molecule has 0 aliphatic heterocycles. The van der Waals surface area contributed by atoms with Crippen LogP contribution in [0.3, 0.4) is 0 Å². The average Bonchev–Trinajstić information content (AvgIpc) is 2.85. The fraction of sp³-hybridized carbons (Fsp3) is 0. The fourth-order valence-electron chi connectivity index (χ4n) is 3.44. The Kier molecular flexibility index (Phi) is 5.83. The molecule has 0 spiro atoms. The molecular formula is C23H13N3O8S. The van der Waals surface area contributed by atoms with Crippen molar-refractivity contribution < 1.29 is 37.2 Å². The van der Waals surface area contributed by atoms with Crippen LogP contribution in [-0.2, 0) is 14.9 Å². The van der Waals surface area contributed by atoms with Gasteiger partial charge in [-0.15, -0.1) is 0 Å². The summed E-state index contributed by atoms with van der Waals surface area (Å²) >= 11 is 0. The second kappa shape index (κ2) is 8.78. The predicted molar refractivity (Wildman–Crippen MR) is 121 cm³/mol. The normalized spacial score (nSPS) is 13.1. The maximum atomic E-state index is 13.2. The number of benzene rings is 3. The SMILES string of the molecule is [N-]=[N+]=NC1=C(S(=O)(=O)Oc2ccc(C(=O)c3ccccc3)c(O)c2O)c2ccccc2C(=O)C1=O. The molecule has 35 heavy (non-hydrogen) atoms. The van der Waals surface area contributed by atoms with Crippen LogP contribution in [0.15, 0.2) is 77.5 Å². The van der Waals surface area contributed by atoms with Gasteiger partial charge in [0.25, 0.3) is 0 Å². The number of fused-ring (bicyclic) bond motifs is 1. The van der Waals surface area contributed by atoms with E-state index in [2.05, 4.69) is 10.0 Å². The molecule has 1 aliphatic rings. The van der Waals surface area contributed by atoms with E-state index in [1.807, 2.05) is 0 Å². The van der Waals surface area contributed by atoms with E-state index in [4.69, 9.17) is 9.71 Å². The minimum absolute atomic E-state index is 0.203. The molecule has 0 saturated carbocycles.